The molecule has 0 N–H and O–H groups in total. The molecule has 2 saturated heterocycles. The quantitative estimate of drug-likeness (QED) is 0.771. The van der Waals surface area contributed by atoms with Crippen LogP contribution in [0.4, 0.5) is 0 Å². The lowest BCUT2D eigenvalue weighted by Crippen LogP contribution is -2.40. The van der Waals surface area contributed by atoms with E-state index in [4.69, 9.17) is 20.2 Å². The first-order chi connectivity index (χ1) is 8.99. The van der Waals surface area contributed by atoms with Crippen LogP contribution in [0.5, 0.6) is 0 Å². The second-order valence-corrected chi connectivity index (χ2v) is 7.59. The molecule has 1 aromatic rings. The Balaban J connectivity index is 1.80. The van der Waals surface area contributed by atoms with Gasteiger partial charge in [0.2, 0.25) is 0 Å². The number of halogens is 1. The molecule has 3 heterocycles. The van der Waals surface area contributed by atoms with Crippen LogP contribution < -0.4 is 0 Å². The zero-order chi connectivity index (χ0) is 13.5. The van der Waals surface area contributed by atoms with Crippen molar-refractivity contribution in [3.8, 4) is 0 Å². The molecule has 2 aliphatic heterocycles. The number of hydrogen-bond donors (Lipinski definition) is 0. The Hall–Kier alpha value is -0.630. The Labute approximate surface area is 116 Å². The molecule has 8 heteroatoms. The molecule has 0 radical (unpaired) electrons. The van der Waals surface area contributed by atoms with E-state index in [1.807, 2.05) is 4.57 Å². The number of imidazole rings is 1. The van der Waals surface area contributed by atoms with Crippen molar-refractivity contribution in [1.29, 1.82) is 0 Å². The molecule has 19 heavy (non-hydrogen) atoms. The van der Waals surface area contributed by atoms with Crippen molar-refractivity contribution in [3.63, 3.8) is 0 Å². The number of nitrogens with zero attached hydrogens (tertiary/aromatic N) is 2. The van der Waals surface area contributed by atoms with E-state index in [2.05, 4.69) is 4.98 Å². The van der Waals surface area contributed by atoms with Crippen molar-refractivity contribution >= 4 is 19.7 Å². The SMILES string of the molecule is O=S(=O)(Cl)c1cn(C2CCOC3(CCOC3)C2)cn1. The number of rotatable bonds is 2. The summed E-state index contributed by atoms with van der Waals surface area (Å²) in [5, 5.41) is -0.0996. The molecule has 0 amide bonds. The molecule has 0 saturated carbocycles. The van der Waals surface area contributed by atoms with E-state index in [9.17, 15) is 8.42 Å². The van der Waals surface area contributed by atoms with E-state index in [-0.39, 0.29) is 16.7 Å². The summed E-state index contributed by atoms with van der Waals surface area (Å²) in [5.74, 6) is 0. The van der Waals surface area contributed by atoms with Crippen LogP contribution in [0.25, 0.3) is 0 Å². The minimum atomic E-state index is -3.76. The van der Waals surface area contributed by atoms with Crippen molar-refractivity contribution in [1.82, 2.24) is 9.55 Å². The summed E-state index contributed by atoms with van der Waals surface area (Å²) in [6.07, 6.45) is 5.54. The molecule has 1 spiro atoms. The highest BCUT2D eigenvalue weighted by atomic mass is 35.7. The van der Waals surface area contributed by atoms with Crippen LogP contribution in [0, 0.1) is 0 Å². The normalized spacial score (nSPS) is 31.9. The van der Waals surface area contributed by atoms with Crippen LogP contribution in [0.15, 0.2) is 17.6 Å². The molecule has 0 bridgehead atoms. The molecule has 2 aliphatic rings. The lowest BCUT2D eigenvalue weighted by Gasteiger charge is -2.37. The molecule has 3 rings (SSSR count). The molecule has 2 fully saturated rings. The van der Waals surface area contributed by atoms with Gasteiger partial charge in [-0.25, -0.2) is 13.4 Å². The predicted octanol–water partition coefficient (Wildman–Crippen LogP) is 1.32. The second-order valence-electron chi connectivity index (χ2n) is 5.08. The highest BCUT2D eigenvalue weighted by Crippen LogP contribution is 2.38. The highest BCUT2D eigenvalue weighted by molar-refractivity contribution is 8.13. The van der Waals surface area contributed by atoms with Gasteiger partial charge in [0.25, 0.3) is 9.05 Å². The van der Waals surface area contributed by atoms with Gasteiger partial charge < -0.3 is 14.0 Å². The summed E-state index contributed by atoms with van der Waals surface area (Å²) >= 11 is 0. The smallest absolute Gasteiger partial charge is 0.280 e. The van der Waals surface area contributed by atoms with E-state index >= 15 is 0 Å². The van der Waals surface area contributed by atoms with Gasteiger partial charge in [0, 0.05) is 42.6 Å². The molecule has 0 aliphatic carbocycles. The van der Waals surface area contributed by atoms with Crippen molar-refractivity contribution in [2.24, 2.45) is 0 Å². The van der Waals surface area contributed by atoms with Crippen molar-refractivity contribution in [3.05, 3.63) is 12.5 Å². The average molecular weight is 307 g/mol. The largest absolute Gasteiger partial charge is 0.378 e. The van der Waals surface area contributed by atoms with Crippen LogP contribution in [-0.2, 0) is 18.5 Å². The van der Waals surface area contributed by atoms with Gasteiger partial charge in [-0.2, -0.15) is 0 Å². The van der Waals surface area contributed by atoms with E-state index in [1.165, 1.54) is 12.5 Å². The lowest BCUT2D eigenvalue weighted by molar-refractivity contribution is -0.0948. The Morgan fingerprint density at radius 2 is 2.32 bits per heavy atom. The van der Waals surface area contributed by atoms with E-state index in [0.29, 0.717) is 13.2 Å². The first kappa shape index (κ1) is 13.4. The summed E-state index contributed by atoms with van der Waals surface area (Å²) in [5.41, 5.74) is -0.215. The van der Waals surface area contributed by atoms with E-state index in [0.717, 1.165) is 25.9 Å². The van der Waals surface area contributed by atoms with Crippen molar-refractivity contribution in [2.45, 2.75) is 35.9 Å². The second kappa shape index (κ2) is 4.73. The fourth-order valence-corrected chi connectivity index (χ4v) is 3.42. The number of hydrogen-bond acceptors (Lipinski definition) is 5. The number of ether oxygens (including phenoxy) is 2. The minimum Gasteiger partial charge on any atom is -0.378 e. The fraction of sp³-hybridized carbons (Fsp3) is 0.727. The summed E-state index contributed by atoms with van der Waals surface area (Å²) in [6.45, 7) is 1.98. The third kappa shape index (κ3) is 2.65. The van der Waals surface area contributed by atoms with Crippen LogP contribution in [0.2, 0.25) is 0 Å². The summed E-state index contributed by atoms with van der Waals surface area (Å²) in [6, 6.07) is 0.176. The fourth-order valence-electron chi connectivity index (χ4n) is 2.76. The summed E-state index contributed by atoms with van der Waals surface area (Å²) in [7, 11) is 1.52. The zero-order valence-electron chi connectivity index (χ0n) is 10.3. The van der Waals surface area contributed by atoms with Gasteiger partial charge in [-0.1, -0.05) is 0 Å². The molecule has 2 unspecified atom stereocenters. The Bertz CT molecular complexity index is 565. The van der Waals surface area contributed by atoms with Gasteiger partial charge in [0.05, 0.1) is 18.5 Å². The molecule has 6 nitrogen and oxygen atoms in total. The molecular weight excluding hydrogens is 292 g/mol. The van der Waals surface area contributed by atoms with Crippen LogP contribution >= 0.6 is 10.7 Å². The molecule has 1 aromatic heterocycles. The standard InChI is InChI=1S/C11H15ClN2O4S/c12-19(15,16)10-6-14(8-13-10)9-1-3-18-11(5-9)2-4-17-7-11/h6,8-9H,1-5,7H2. The van der Waals surface area contributed by atoms with Gasteiger partial charge in [-0.15, -0.1) is 0 Å². The summed E-state index contributed by atoms with van der Waals surface area (Å²) < 4.78 is 35.5. The van der Waals surface area contributed by atoms with Crippen molar-refractivity contribution < 1.29 is 17.9 Å². The van der Waals surface area contributed by atoms with E-state index in [1.54, 1.807) is 0 Å². The first-order valence-electron chi connectivity index (χ1n) is 6.18. The maximum Gasteiger partial charge on any atom is 0.280 e. The third-order valence-corrected chi connectivity index (χ3v) is 4.97. The Kier molecular flexibility index (Phi) is 3.33. The van der Waals surface area contributed by atoms with Gasteiger partial charge in [-0.05, 0) is 12.8 Å². The van der Waals surface area contributed by atoms with Crippen LogP contribution in [0.1, 0.15) is 25.3 Å². The molecule has 106 valence electrons. The zero-order valence-corrected chi connectivity index (χ0v) is 11.9. The predicted molar refractivity (Wildman–Crippen MR) is 67.7 cm³/mol. The molecule has 0 aromatic carbocycles. The minimum absolute atomic E-state index is 0.0996. The molecular formula is C11H15ClN2O4S. The monoisotopic (exact) mass is 306 g/mol. The first-order valence-corrected chi connectivity index (χ1v) is 8.49. The van der Waals surface area contributed by atoms with Crippen LogP contribution in [-0.4, -0.2) is 43.4 Å². The summed E-state index contributed by atoms with van der Waals surface area (Å²) in [4.78, 5) is 3.85. The topological polar surface area (TPSA) is 70.4 Å². The van der Waals surface area contributed by atoms with Gasteiger partial charge in [0.1, 0.15) is 0 Å². The third-order valence-electron chi connectivity index (χ3n) is 3.78. The Morgan fingerprint density at radius 1 is 1.47 bits per heavy atom. The Morgan fingerprint density at radius 3 is 2.95 bits per heavy atom. The maximum absolute atomic E-state index is 11.2. The highest BCUT2D eigenvalue weighted by Gasteiger charge is 2.41. The average Bonchev–Trinajstić information content (AvgIpc) is 2.98. The van der Waals surface area contributed by atoms with Gasteiger partial charge >= 0.3 is 0 Å². The lowest BCUT2D eigenvalue weighted by atomic mass is 9.89. The van der Waals surface area contributed by atoms with Crippen LogP contribution in [0.3, 0.4) is 0 Å². The van der Waals surface area contributed by atoms with Gasteiger partial charge in [0.15, 0.2) is 5.03 Å². The molecule has 2 atom stereocenters. The van der Waals surface area contributed by atoms with E-state index < -0.39 is 9.05 Å². The van der Waals surface area contributed by atoms with Gasteiger partial charge in [-0.3, -0.25) is 0 Å². The maximum atomic E-state index is 11.2. The van der Waals surface area contributed by atoms with Crippen molar-refractivity contribution in [2.75, 3.05) is 19.8 Å². The number of aromatic nitrogens is 2.